The molecule has 0 aromatic heterocycles. The molecule has 0 radical (unpaired) electrons. The zero-order valence-electron chi connectivity index (χ0n) is 14.0. The van der Waals surface area contributed by atoms with Crippen molar-refractivity contribution in [3.63, 3.8) is 0 Å². The van der Waals surface area contributed by atoms with E-state index in [1.165, 1.54) is 19.2 Å². The summed E-state index contributed by atoms with van der Waals surface area (Å²) < 4.78 is 9.86. The van der Waals surface area contributed by atoms with Gasteiger partial charge in [0.2, 0.25) is 0 Å². The number of methoxy groups -OCH3 is 2. The minimum absolute atomic E-state index is 0.482. The van der Waals surface area contributed by atoms with Crippen molar-refractivity contribution in [1.82, 2.24) is 5.01 Å². The fourth-order valence-corrected chi connectivity index (χ4v) is 2.94. The van der Waals surface area contributed by atoms with Gasteiger partial charge in [0, 0.05) is 0 Å². The van der Waals surface area contributed by atoms with E-state index < -0.39 is 24.0 Å². The highest BCUT2D eigenvalue weighted by molar-refractivity contribution is 5.87. The largest absolute Gasteiger partial charge is 0.467 e. The lowest BCUT2D eigenvalue weighted by atomic mass is 10.0. The number of hydrogen-bond acceptors (Lipinski definition) is 6. The van der Waals surface area contributed by atoms with Crippen molar-refractivity contribution in [3.05, 3.63) is 71.3 Å². The maximum absolute atomic E-state index is 12.4. The summed E-state index contributed by atoms with van der Waals surface area (Å²) in [6.07, 6.45) is 1.61. The van der Waals surface area contributed by atoms with Crippen LogP contribution in [-0.2, 0) is 19.1 Å². The second kappa shape index (κ2) is 7.17. The summed E-state index contributed by atoms with van der Waals surface area (Å²) in [6, 6.07) is 15.1. The van der Waals surface area contributed by atoms with Gasteiger partial charge >= 0.3 is 11.9 Å². The quantitative estimate of drug-likeness (QED) is 0.633. The van der Waals surface area contributed by atoms with Gasteiger partial charge in [-0.25, -0.2) is 9.59 Å². The Labute approximate surface area is 145 Å². The van der Waals surface area contributed by atoms with Gasteiger partial charge in [-0.1, -0.05) is 54.6 Å². The maximum atomic E-state index is 12.4. The number of carbonyl (C=O) groups excluding carboxylic acids is 2. The van der Waals surface area contributed by atoms with E-state index in [0.29, 0.717) is 11.1 Å². The molecule has 128 valence electrons. The highest BCUT2D eigenvalue weighted by atomic mass is 16.5. The summed E-state index contributed by atoms with van der Waals surface area (Å²) in [5, 5.41) is 5.86. The molecule has 1 aliphatic rings. The Morgan fingerprint density at radius 2 is 1.36 bits per heavy atom. The van der Waals surface area contributed by atoms with E-state index >= 15 is 0 Å². The monoisotopic (exact) mass is 338 g/mol. The number of ether oxygens (including phenoxy) is 2. The van der Waals surface area contributed by atoms with E-state index in [0.717, 1.165) is 5.56 Å². The predicted octanol–water partition coefficient (Wildman–Crippen LogP) is 2.46. The van der Waals surface area contributed by atoms with Gasteiger partial charge in [0.15, 0.2) is 12.1 Å². The Kier molecular flexibility index (Phi) is 4.79. The first kappa shape index (κ1) is 16.7. The van der Waals surface area contributed by atoms with Crippen LogP contribution < -0.4 is 0 Å². The molecule has 0 unspecified atom stereocenters. The van der Waals surface area contributed by atoms with Crippen LogP contribution in [-0.4, -0.2) is 37.4 Å². The van der Waals surface area contributed by atoms with Gasteiger partial charge in [0.05, 0.1) is 20.4 Å². The third-order valence-electron chi connectivity index (χ3n) is 4.10. The summed E-state index contributed by atoms with van der Waals surface area (Å²) in [5.74, 6) is -0.965. The van der Waals surface area contributed by atoms with E-state index in [1.807, 2.05) is 42.5 Å². The number of carbonyl (C=O) groups is 2. The van der Waals surface area contributed by atoms with Crippen LogP contribution in [0.15, 0.2) is 59.7 Å². The molecule has 6 nitrogen and oxygen atoms in total. The van der Waals surface area contributed by atoms with Crippen LogP contribution >= 0.6 is 0 Å². The Bertz CT molecular complexity index is 761. The molecule has 0 aliphatic carbocycles. The van der Waals surface area contributed by atoms with Crippen LogP contribution in [0.25, 0.3) is 0 Å². The number of rotatable bonds is 4. The maximum Gasteiger partial charge on any atom is 0.334 e. The molecule has 2 aromatic rings. The van der Waals surface area contributed by atoms with Crippen LogP contribution in [0.5, 0.6) is 0 Å². The van der Waals surface area contributed by atoms with Crippen LogP contribution in [0.1, 0.15) is 28.8 Å². The van der Waals surface area contributed by atoms with Gasteiger partial charge in [0.25, 0.3) is 0 Å². The second-order valence-electron chi connectivity index (χ2n) is 5.52. The Morgan fingerprint density at radius 1 is 0.880 bits per heavy atom. The number of nitrogens with zero attached hydrogens (tertiary/aromatic N) is 2. The highest BCUT2D eigenvalue weighted by Crippen LogP contribution is 2.43. The molecule has 0 bridgehead atoms. The zero-order chi connectivity index (χ0) is 17.8. The lowest BCUT2D eigenvalue weighted by molar-refractivity contribution is -0.153. The topological polar surface area (TPSA) is 68.2 Å². The van der Waals surface area contributed by atoms with Gasteiger partial charge in [-0.2, -0.15) is 5.10 Å². The third kappa shape index (κ3) is 3.10. The Morgan fingerprint density at radius 3 is 1.84 bits per heavy atom. The lowest BCUT2D eigenvalue weighted by Crippen LogP contribution is -2.32. The lowest BCUT2D eigenvalue weighted by Gasteiger charge is -2.24. The fraction of sp³-hybridized carbons (Fsp3) is 0.211. The van der Waals surface area contributed by atoms with Crippen molar-refractivity contribution in [2.75, 3.05) is 14.2 Å². The van der Waals surface area contributed by atoms with Crippen molar-refractivity contribution >= 4 is 18.2 Å². The molecule has 0 saturated carbocycles. The summed E-state index contributed by atoms with van der Waals surface area (Å²) in [7, 11) is 2.63. The summed E-state index contributed by atoms with van der Waals surface area (Å²) in [5.41, 5.74) is 2.23. The first-order valence-corrected chi connectivity index (χ1v) is 7.79. The minimum Gasteiger partial charge on any atom is -0.467 e. The molecule has 0 spiro atoms. The number of fused-ring (bicyclic) bond motifs is 1. The van der Waals surface area contributed by atoms with Crippen LogP contribution in [0, 0.1) is 0 Å². The molecule has 0 N–H and O–H groups in total. The fourth-order valence-electron chi connectivity index (χ4n) is 2.94. The Balaban J connectivity index is 2.06. The molecule has 3 rings (SSSR count). The smallest absolute Gasteiger partial charge is 0.334 e. The molecule has 1 heterocycles. The molecule has 0 saturated heterocycles. The van der Waals surface area contributed by atoms with Gasteiger partial charge < -0.3 is 9.47 Å². The van der Waals surface area contributed by atoms with Crippen molar-refractivity contribution < 1.29 is 19.1 Å². The molecule has 2 aromatic carbocycles. The Hall–Kier alpha value is -3.15. The van der Waals surface area contributed by atoms with E-state index in [1.54, 1.807) is 18.3 Å². The number of esters is 2. The van der Waals surface area contributed by atoms with Gasteiger partial charge in [-0.15, -0.1) is 0 Å². The average Bonchev–Trinajstić information content (AvgIpc) is 3.00. The van der Waals surface area contributed by atoms with E-state index in [9.17, 15) is 9.59 Å². The average molecular weight is 338 g/mol. The first-order valence-electron chi connectivity index (χ1n) is 7.79. The van der Waals surface area contributed by atoms with Gasteiger partial charge in [0.1, 0.15) is 0 Å². The molecule has 25 heavy (non-hydrogen) atoms. The molecule has 0 fully saturated rings. The second-order valence-corrected chi connectivity index (χ2v) is 5.52. The highest BCUT2D eigenvalue weighted by Gasteiger charge is 2.46. The standard InChI is InChI=1S/C19H18N2O4/c1-24-18(22)16-14-10-6-7-11-15(14)17(19(23)25-2)21(16)20-12-13-8-4-3-5-9-13/h3-12,16-17H,1-2H3/b20-12+/t16-,17-/m1/s1. The molecule has 6 heteroatoms. The minimum atomic E-state index is -0.801. The number of hydrogen-bond donors (Lipinski definition) is 0. The summed E-state index contributed by atoms with van der Waals surface area (Å²) >= 11 is 0. The number of hydrazone groups is 1. The number of benzene rings is 2. The normalized spacial score (nSPS) is 18.9. The van der Waals surface area contributed by atoms with Crippen LogP contribution in [0.3, 0.4) is 0 Å². The van der Waals surface area contributed by atoms with Crippen molar-refractivity contribution in [1.29, 1.82) is 0 Å². The molecular weight excluding hydrogens is 320 g/mol. The van der Waals surface area contributed by atoms with Crippen molar-refractivity contribution in [2.24, 2.45) is 5.10 Å². The van der Waals surface area contributed by atoms with Gasteiger partial charge in [-0.3, -0.25) is 5.01 Å². The SMILES string of the molecule is COC(=O)[C@H]1c2ccccc2[C@H](C(=O)OC)N1/N=C/c1ccccc1. The first-order chi connectivity index (χ1) is 12.2. The van der Waals surface area contributed by atoms with Crippen molar-refractivity contribution in [3.8, 4) is 0 Å². The van der Waals surface area contributed by atoms with E-state index in [-0.39, 0.29) is 0 Å². The zero-order valence-corrected chi connectivity index (χ0v) is 14.0. The predicted molar refractivity (Wildman–Crippen MR) is 91.8 cm³/mol. The van der Waals surface area contributed by atoms with E-state index in [4.69, 9.17) is 9.47 Å². The molecule has 1 aliphatic heterocycles. The summed E-state index contributed by atoms with van der Waals surface area (Å²) in [4.78, 5) is 24.7. The molecular formula is C19H18N2O4. The van der Waals surface area contributed by atoms with Crippen LogP contribution in [0.4, 0.5) is 0 Å². The van der Waals surface area contributed by atoms with E-state index in [2.05, 4.69) is 5.10 Å². The summed E-state index contributed by atoms with van der Waals surface area (Å²) in [6.45, 7) is 0. The third-order valence-corrected chi connectivity index (χ3v) is 4.10. The van der Waals surface area contributed by atoms with Crippen molar-refractivity contribution in [2.45, 2.75) is 12.1 Å². The van der Waals surface area contributed by atoms with Crippen LogP contribution in [0.2, 0.25) is 0 Å². The van der Waals surface area contributed by atoms with Gasteiger partial charge in [-0.05, 0) is 16.7 Å². The molecule has 0 amide bonds. The molecule has 2 atom stereocenters.